The molecule has 4 rings (SSSR count). The molecule has 1 aromatic carbocycles. The van der Waals surface area contributed by atoms with Gasteiger partial charge in [0.2, 0.25) is 0 Å². The van der Waals surface area contributed by atoms with Gasteiger partial charge in [-0.25, -0.2) is 0 Å². The molecule has 0 amide bonds. The Labute approximate surface area is 165 Å². The number of aliphatic imine (C=N–C) groups is 1. The van der Waals surface area contributed by atoms with Crippen LogP contribution in [-0.2, 0) is 5.41 Å². The fourth-order valence-electron chi connectivity index (χ4n) is 4.56. The zero-order valence-electron chi connectivity index (χ0n) is 16.3. The molecule has 1 N–H and O–H groups in total. The average molecular weight is 371 g/mol. The second-order valence-corrected chi connectivity index (χ2v) is 8.17. The fraction of sp³-hybridized carbons (Fsp3) is 0.375. The summed E-state index contributed by atoms with van der Waals surface area (Å²) in [6, 6.07) is 10.7. The lowest BCUT2D eigenvalue weighted by molar-refractivity contribution is 0.379. The molecule has 1 fully saturated rings. The zero-order chi connectivity index (χ0) is 19.7. The van der Waals surface area contributed by atoms with E-state index in [0.717, 1.165) is 41.3 Å². The molecule has 2 aliphatic carbocycles. The van der Waals surface area contributed by atoms with E-state index >= 15 is 0 Å². The molecule has 1 saturated carbocycles. The van der Waals surface area contributed by atoms with Crippen LogP contribution in [-0.4, -0.2) is 18.2 Å². The van der Waals surface area contributed by atoms with Crippen LogP contribution in [0, 0.1) is 24.2 Å². The number of aromatic amines is 1. The van der Waals surface area contributed by atoms with Crippen LogP contribution in [0.2, 0.25) is 0 Å². The molecule has 28 heavy (non-hydrogen) atoms. The van der Waals surface area contributed by atoms with Gasteiger partial charge in [-0.1, -0.05) is 23.8 Å². The van der Waals surface area contributed by atoms with Crippen LogP contribution in [0.4, 0.5) is 0 Å². The quantitative estimate of drug-likeness (QED) is 0.745. The van der Waals surface area contributed by atoms with Crippen LogP contribution in [0.25, 0.3) is 10.9 Å². The number of benzene rings is 1. The van der Waals surface area contributed by atoms with Gasteiger partial charge in [-0.15, -0.1) is 0 Å². The summed E-state index contributed by atoms with van der Waals surface area (Å²) in [5.41, 5.74) is 4.68. The third-order valence-electron chi connectivity index (χ3n) is 6.20. The van der Waals surface area contributed by atoms with Crippen molar-refractivity contribution in [1.82, 2.24) is 4.98 Å². The van der Waals surface area contributed by atoms with Crippen molar-refractivity contribution in [3.8, 4) is 6.07 Å². The highest BCUT2D eigenvalue weighted by molar-refractivity contribution is 5.80. The van der Waals surface area contributed by atoms with Crippen molar-refractivity contribution in [2.75, 3.05) is 6.54 Å². The lowest BCUT2D eigenvalue weighted by atomic mass is 9.70. The molecule has 0 radical (unpaired) electrons. The monoisotopic (exact) mass is 371 g/mol. The Balaban J connectivity index is 1.81. The molecule has 0 saturated heterocycles. The van der Waals surface area contributed by atoms with E-state index in [-0.39, 0.29) is 11.0 Å². The molecule has 0 spiro atoms. The maximum Gasteiger partial charge on any atom is 0.251 e. The van der Waals surface area contributed by atoms with Gasteiger partial charge < -0.3 is 4.98 Å². The second kappa shape index (κ2) is 7.24. The van der Waals surface area contributed by atoms with Crippen molar-refractivity contribution in [2.24, 2.45) is 10.9 Å². The molecule has 4 nitrogen and oxygen atoms in total. The normalized spacial score (nSPS) is 18.7. The van der Waals surface area contributed by atoms with Crippen molar-refractivity contribution in [2.45, 2.75) is 44.4 Å². The Morgan fingerprint density at radius 2 is 2.18 bits per heavy atom. The highest BCUT2D eigenvalue weighted by atomic mass is 16.1. The molecule has 0 unspecified atom stereocenters. The van der Waals surface area contributed by atoms with E-state index in [0.29, 0.717) is 12.5 Å². The molecule has 4 heteroatoms. The number of nitrogens with zero attached hydrogens (tertiary/aromatic N) is 2. The minimum absolute atomic E-state index is 0.0416. The summed E-state index contributed by atoms with van der Waals surface area (Å²) in [5, 5.41) is 10.4. The number of fused-ring (bicyclic) bond motifs is 1. The van der Waals surface area contributed by atoms with Crippen LogP contribution < -0.4 is 5.56 Å². The highest BCUT2D eigenvalue weighted by Gasteiger charge is 2.46. The first-order valence-corrected chi connectivity index (χ1v) is 9.92. The number of hydrogen-bond acceptors (Lipinski definition) is 3. The van der Waals surface area contributed by atoms with Crippen molar-refractivity contribution >= 4 is 17.6 Å². The largest absolute Gasteiger partial charge is 0.322 e. The average Bonchev–Trinajstić information content (AvgIpc) is 3.54. The Kier molecular flexibility index (Phi) is 4.77. The molecule has 1 atom stereocenters. The predicted octanol–water partition coefficient (Wildman–Crippen LogP) is 4.75. The van der Waals surface area contributed by atoms with Crippen LogP contribution >= 0.6 is 0 Å². The van der Waals surface area contributed by atoms with Crippen molar-refractivity contribution in [3.05, 3.63) is 69.0 Å². The summed E-state index contributed by atoms with van der Waals surface area (Å²) in [6.45, 7) is 6.27. The van der Waals surface area contributed by atoms with E-state index in [2.05, 4.69) is 53.1 Å². The van der Waals surface area contributed by atoms with E-state index in [1.807, 2.05) is 13.0 Å². The van der Waals surface area contributed by atoms with Crippen molar-refractivity contribution in [3.63, 3.8) is 0 Å². The first-order valence-electron chi connectivity index (χ1n) is 9.92. The molecular formula is C24H25N3O. The van der Waals surface area contributed by atoms with Gasteiger partial charge in [0.05, 0.1) is 6.07 Å². The number of aryl methyl sites for hydroxylation is 1. The lowest BCUT2D eigenvalue weighted by Crippen LogP contribution is -2.33. The van der Waals surface area contributed by atoms with Gasteiger partial charge in [-0.3, -0.25) is 9.79 Å². The van der Waals surface area contributed by atoms with E-state index in [9.17, 15) is 10.1 Å². The summed E-state index contributed by atoms with van der Waals surface area (Å²) in [6.07, 6.45) is 9.26. The van der Waals surface area contributed by atoms with Crippen molar-refractivity contribution in [1.29, 1.82) is 5.26 Å². The van der Waals surface area contributed by atoms with Gasteiger partial charge in [-0.2, -0.15) is 5.26 Å². The summed E-state index contributed by atoms with van der Waals surface area (Å²) < 4.78 is 0. The third-order valence-corrected chi connectivity index (χ3v) is 6.20. The SMILES string of the molecule is C=NC[C@](CC1=CCCC(C#N)=C1)(c1ccc2cc(C)c(=O)[nH]c2c1)C1CC1. The standard InChI is InChI=1S/C24H25N3O/c1-16-10-19-6-7-21(12-22(19)27-23(16)28)24(15-26-2,20-8-9-20)13-17-4-3-5-18(11-17)14-25/h4,6-7,10-12,20H,2-3,5,8-9,13,15H2,1H3,(H,27,28)/t24-/m0/s1. The van der Waals surface area contributed by atoms with Crippen LogP contribution in [0.15, 0.2) is 57.4 Å². The van der Waals surface area contributed by atoms with Gasteiger partial charge in [0, 0.05) is 28.6 Å². The predicted molar refractivity (Wildman–Crippen MR) is 114 cm³/mol. The number of H-pyrrole nitrogens is 1. The minimum Gasteiger partial charge on any atom is -0.322 e. The van der Waals surface area contributed by atoms with E-state index in [1.165, 1.54) is 24.0 Å². The fourth-order valence-corrected chi connectivity index (χ4v) is 4.56. The summed E-state index contributed by atoms with van der Waals surface area (Å²) in [4.78, 5) is 19.5. The molecule has 0 bridgehead atoms. The maximum absolute atomic E-state index is 12.1. The first kappa shape index (κ1) is 18.4. The Bertz CT molecular complexity index is 1100. The highest BCUT2D eigenvalue weighted by Crippen LogP contribution is 2.52. The minimum atomic E-state index is -0.141. The molecule has 2 aromatic rings. The molecule has 142 valence electrons. The first-order chi connectivity index (χ1) is 13.6. The van der Waals surface area contributed by atoms with Gasteiger partial charge in [0.15, 0.2) is 0 Å². The molecule has 2 aliphatic rings. The van der Waals surface area contributed by atoms with E-state index in [4.69, 9.17) is 0 Å². The molecular weight excluding hydrogens is 346 g/mol. The Morgan fingerprint density at radius 3 is 2.89 bits per heavy atom. The molecule has 0 aliphatic heterocycles. The zero-order valence-corrected chi connectivity index (χ0v) is 16.3. The third kappa shape index (κ3) is 3.33. The summed E-state index contributed by atoms with van der Waals surface area (Å²) in [7, 11) is 0. The summed E-state index contributed by atoms with van der Waals surface area (Å²) in [5.74, 6) is 0.550. The van der Waals surface area contributed by atoms with Gasteiger partial charge in [0.1, 0.15) is 0 Å². The van der Waals surface area contributed by atoms with Gasteiger partial charge in [0.25, 0.3) is 5.56 Å². The number of nitriles is 1. The van der Waals surface area contributed by atoms with Crippen LogP contribution in [0.1, 0.15) is 43.2 Å². The number of hydrogen-bond donors (Lipinski definition) is 1. The smallest absolute Gasteiger partial charge is 0.251 e. The Morgan fingerprint density at radius 1 is 1.36 bits per heavy atom. The van der Waals surface area contributed by atoms with E-state index < -0.39 is 0 Å². The number of nitrogens with one attached hydrogen (secondary N) is 1. The van der Waals surface area contributed by atoms with Crippen LogP contribution in [0.5, 0.6) is 0 Å². The van der Waals surface area contributed by atoms with Crippen molar-refractivity contribution < 1.29 is 0 Å². The number of pyridine rings is 1. The maximum atomic E-state index is 12.1. The number of rotatable bonds is 6. The summed E-state index contributed by atoms with van der Waals surface area (Å²) >= 11 is 0. The van der Waals surface area contributed by atoms with Gasteiger partial charge in [-0.05, 0) is 80.8 Å². The molecule has 1 aromatic heterocycles. The second-order valence-electron chi connectivity index (χ2n) is 8.17. The number of aromatic nitrogens is 1. The Hall–Kier alpha value is -2.93. The van der Waals surface area contributed by atoms with E-state index in [1.54, 1.807) is 0 Å². The topological polar surface area (TPSA) is 69.0 Å². The van der Waals surface area contributed by atoms with Crippen LogP contribution in [0.3, 0.4) is 0 Å². The lowest BCUT2D eigenvalue weighted by Gasteiger charge is -2.35. The molecule has 1 heterocycles. The number of allylic oxidation sites excluding steroid dienone is 4. The van der Waals surface area contributed by atoms with Gasteiger partial charge >= 0.3 is 0 Å².